The number of hydrogen-bond donors (Lipinski definition) is 0. The summed E-state index contributed by atoms with van der Waals surface area (Å²) in [4.78, 5) is 17.6. The molecule has 1 aromatic carbocycles. The molecule has 0 spiro atoms. The summed E-state index contributed by atoms with van der Waals surface area (Å²) in [5.41, 5.74) is 0.612. The van der Waals surface area contributed by atoms with Gasteiger partial charge in [-0.25, -0.2) is 14.2 Å². The number of carbonyl (C=O) groups excluding carboxylic acids is 1. The summed E-state index contributed by atoms with van der Waals surface area (Å²) in [5.74, 6) is -0.317. The number of halogens is 2. The maximum atomic E-state index is 14.4. The largest absolute Gasteiger partial charge is 0.494 e. The second kappa shape index (κ2) is 9.36. The van der Waals surface area contributed by atoms with Gasteiger partial charge in [0.1, 0.15) is 22.4 Å². The molecule has 0 unspecified atom stereocenters. The van der Waals surface area contributed by atoms with E-state index in [1.165, 1.54) is 34.7 Å². The molecule has 9 heteroatoms. The molecule has 0 aliphatic rings. The van der Waals surface area contributed by atoms with Crippen LogP contribution < -0.4 is 9.64 Å². The van der Waals surface area contributed by atoms with Gasteiger partial charge < -0.3 is 14.4 Å². The minimum atomic E-state index is -0.578. The Morgan fingerprint density at radius 1 is 1.32 bits per heavy atom. The zero-order valence-corrected chi connectivity index (χ0v) is 17.1. The zero-order chi connectivity index (χ0) is 20.8. The van der Waals surface area contributed by atoms with E-state index in [1.54, 1.807) is 26.1 Å². The van der Waals surface area contributed by atoms with E-state index in [0.29, 0.717) is 17.2 Å². The lowest BCUT2D eigenvalue weighted by Gasteiger charge is -2.22. The standard InChI is InChI=1S/C17H16ClFN4O3.C2H6/c1-4-26-17(24)11-8-14-20-13(18)9-15(23(14)21-11)22(2)16-10(19)6-5-7-12(16)25-3;1-2/h5-9H,4H2,1-3H3;1-2H3. The van der Waals surface area contributed by atoms with Crippen molar-refractivity contribution in [2.75, 3.05) is 25.7 Å². The van der Waals surface area contributed by atoms with Crippen LogP contribution in [-0.4, -0.2) is 41.3 Å². The van der Waals surface area contributed by atoms with Crippen molar-refractivity contribution in [3.63, 3.8) is 0 Å². The van der Waals surface area contributed by atoms with Gasteiger partial charge in [-0.2, -0.15) is 9.61 Å². The number of nitrogens with zero attached hydrogens (tertiary/aromatic N) is 4. The summed E-state index contributed by atoms with van der Waals surface area (Å²) in [5, 5.41) is 4.39. The number of methoxy groups -OCH3 is 1. The van der Waals surface area contributed by atoms with E-state index in [1.807, 2.05) is 13.8 Å². The average molecular weight is 409 g/mol. The van der Waals surface area contributed by atoms with E-state index in [4.69, 9.17) is 21.1 Å². The molecular formula is C19H22ClFN4O3. The lowest BCUT2D eigenvalue weighted by atomic mass is 10.2. The molecular weight excluding hydrogens is 387 g/mol. The number of esters is 1. The van der Waals surface area contributed by atoms with Crippen LogP contribution in [0.5, 0.6) is 5.75 Å². The van der Waals surface area contributed by atoms with Gasteiger partial charge in [-0.05, 0) is 19.1 Å². The van der Waals surface area contributed by atoms with Crippen molar-refractivity contribution in [1.29, 1.82) is 0 Å². The smallest absolute Gasteiger partial charge is 0.358 e. The number of ether oxygens (including phenoxy) is 2. The average Bonchev–Trinajstić information content (AvgIpc) is 3.12. The van der Waals surface area contributed by atoms with Crippen LogP contribution in [0.4, 0.5) is 15.9 Å². The number of hydrogen-bond acceptors (Lipinski definition) is 6. The van der Waals surface area contributed by atoms with Gasteiger partial charge >= 0.3 is 5.97 Å². The molecule has 3 rings (SSSR count). The number of fused-ring (bicyclic) bond motifs is 1. The van der Waals surface area contributed by atoms with E-state index in [9.17, 15) is 9.18 Å². The Kier molecular flexibility index (Phi) is 7.17. The normalized spacial score (nSPS) is 10.2. The summed E-state index contributed by atoms with van der Waals surface area (Å²) in [6.45, 7) is 5.92. The number of rotatable bonds is 5. The molecule has 0 aliphatic heterocycles. The minimum Gasteiger partial charge on any atom is -0.494 e. The molecule has 0 amide bonds. The molecule has 2 heterocycles. The second-order valence-electron chi connectivity index (χ2n) is 5.31. The fraction of sp³-hybridized carbons (Fsp3) is 0.316. The number of carbonyl (C=O) groups is 1. The minimum absolute atomic E-state index is 0.0803. The topological polar surface area (TPSA) is 69.0 Å². The van der Waals surface area contributed by atoms with E-state index in [0.717, 1.165) is 0 Å². The lowest BCUT2D eigenvalue weighted by Crippen LogP contribution is -2.17. The Bertz CT molecular complexity index is 977. The third kappa shape index (κ3) is 4.17. The van der Waals surface area contributed by atoms with Crippen LogP contribution in [0.2, 0.25) is 5.15 Å². The van der Waals surface area contributed by atoms with Crippen molar-refractivity contribution in [3.8, 4) is 5.75 Å². The molecule has 0 N–H and O–H groups in total. The van der Waals surface area contributed by atoms with Crippen molar-refractivity contribution in [2.45, 2.75) is 20.8 Å². The van der Waals surface area contributed by atoms with Gasteiger partial charge in [0.15, 0.2) is 17.2 Å². The molecule has 3 aromatic rings. The van der Waals surface area contributed by atoms with Crippen molar-refractivity contribution in [3.05, 3.63) is 47.0 Å². The zero-order valence-electron chi connectivity index (χ0n) is 16.4. The van der Waals surface area contributed by atoms with E-state index < -0.39 is 11.8 Å². The summed E-state index contributed by atoms with van der Waals surface area (Å²) >= 11 is 6.10. The van der Waals surface area contributed by atoms with E-state index >= 15 is 0 Å². The van der Waals surface area contributed by atoms with Crippen LogP contribution in [0.3, 0.4) is 0 Å². The van der Waals surface area contributed by atoms with Crippen LogP contribution >= 0.6 is 11.6 Å². The van der Waals surface area contributed by atoms with Crippen molar-refractivity contribution in [2.24, 2.45) is 0 Å². The molecule has 0 aliphatic carbocycles. The van der Waals surface area contributed by atoms with Gasteiger partial charge in [-0.3, -0.25) is 0 Å². The highest BCUT2D eigenvalue weighted by Crippen LogP contribution is 2.35. The van der Waals surface area contributed by atoms with E-state index in [2.05, 4.69) is 10.1 Å². The van der Waals surface area contributed by atoms with Gasteiger partial charge in [-0.1, -0.05) is 31.5 Å². The third-order valence-corrected chi connectivity index (χ3v) is 3.90. The maximum absolute atomic E-state index is 14.4. The summed E-state index contributed by atoms with van der Waals surface area (Å²) < 4.78 is 26.0. The number of benzene rings is 1. The molecule has 0 fully saturated rings. The highest BCUT2D eigenvalue weighted by molar-refractivity contribution is 6.29. The number of aromatic nitrogens is 3. The Morgan fingerprint density at radius 3 is 2.68 bits per heavy atom. The Balaban J connectivity index is 0.00000136. The van der Waals surface area contributed by atoms with Crippen LogP contribution in [0, 0.1) is 5.82 Å². The van der Waals surface area contributed by atoms with Crippen LogP contribution in [0.25, 0.3) is 5.65 Å². The van der Waals surface area contributed by atoms with Crippen LogP contribution in [0.15, 0.2) is 30.3 Å². The second-order valence-corrected chi connectivity index (χ2v) is 5.69. The molecule has 0 radical (unpaired) electrons. The molecule has 2 aromatic heterocycles. The van der Waals surface area contributed by atoms with Crippen LogP contribution in [-0.2, 0) is 4.74 Å². The first kappa shape index (κ1) is 21.4. The summed E-state index contributed by atoms with van der Waals surface area (Å²) in [6, 6.07) is 7.49. The first-order valence-corrected chi connectivity index (χ1v) is 9.13. The molecule has 0 saturated heterocycles. The monoisotopic (exact) mass is 408 g/mol. The molecule has 0 saturated carbocycles. The molecule has 150 valence electrons. The fourth-order valence-electron chi connectivity index (χ4n) is 2.57. The Hall–Kier alpha value is -2.87. The first-order chi connectivity index (χ1) is 13.5. The summed E-state index contributed by atoms with van der Waals surface area (Å²) in [6.07, 6.45) is 0. The Labute approximate surface area is 167 Å². The van der Waals surface area contributed by atoms with Gasteiger partial charge in [0.05, 0.1) is 13.7 Å². The molecule has 0 atom stereocenters. The lowest BCUT2D eigenvalue weighted by molar-refractivity contribution is 0.0519. The predicted molar refractivity (Wildman–Crippen MR) is 106 cm³/mol. The number of para-hydroxylation sites is 1. The van der Waals surface area contributed by atoms with Gasteiger partial charge in [-0.15, -0.1) is 0 Å². The van der Waals surface area contributed by atoms with Gasteiger partial charge in [0, 0.05) is 19.2 Å². The Morgan fingerprint density at radius 2 is 2.04 bits per heavy atom. The highest BCUT2D eigenvalue weighted by atomic mass is 35.5. The van der Waals surface area contributed by atoms with Gasteiger partial charge in [0.2, 0.25) is 0 Å². The third-order valence-electron chi connectivity index (χ3n) is 3.71. The summed E-state index contributed by atoms with van der Waals surface area (Å²) in [7, 11) is 3.09. The quantitative estimate of drug-likeness (QED) is 0.457. The SMILES string of the molecule is CC.CCOC(=O)c1cc2nc(Cl)cc(N(C)c3c(F)cccc3OC)n2n1. The van der Waals surface area contributed by atoms with Crippen molar-refractivity contribution < 1.29 is 18.7 Å². The van der Waals surface area contributed by atoms with E-state index in [-0.39, 0.29) is 23.1 Å². The molecule has 0 bridgehead atoms. The predicted octanol–water partition coefficient (Wildman–Crippen LogP) is 4.50. The molecule has 28 heavy (non-hydrogen) atoms. The van der Waals surface area contributed by atoms with Crippen molar-refractivity contribution in [1.82, 2.24) is 14.6 Å². The molecule has 7 nitrogen and oxygen atoms in total. The van der Waals surface area contributed by atoms with Gasteiger partial charge in [0.25, 0.3) is 0 Å². The maximum Gasteiger partial charge on any atom is 0.358 e. The van der Waals surface area contributed by atoms with Crippen molar-refractivity contribution >= 4 is 34.7 Å². The fourth-order valence-corrected chi connectivity index (χ4v) is 2.76. The highest BCUT2D eigenvalue weighted by Gasteiger charge is 2.21. The van der Waals surface area contributed by atoms with Crippen LogP contribution in [0.1, 0.15) is 31.3 Å². The number of anilines is 2. The first-order valence-electron chi connectivity index (χ1n) is 8.76.